The molecule has 4 rings (SSSR count). The summed E-state index contributed by atoms with van der Waals surface area (Å²) in [5, 5.41) is 5.86. The average molecular weight is 433 g/mol. The number of nitrogens with zero attached hydrogens (tertiary/aromatic N) is 2. The van der Waals surface area contributed by atoms with Gasteiger partial charge in [0.1, 0.15) is 18.0 Å². The van der Waals surface area contributed by atoms with Crippen LogP contribution < -0.4 is 10.6 Å². The number of amides is 1. The summed E-state index contributed by atoms with van der Waals surface area (Å²) in [5.74, 6) is -0.274. The lowest BCUT2D eigenvalue weighted by Gasteiger charge is -2.10. The molecule has 4 aromatic rings. The van der Waals surface area contributed by atoms with E-state index >= 15 is 0 Å². The van der Waals surface area contributed by atoms with Crippen LogP contribution in [-0.4, -0.2) is 15.9 Å². The van der Waals surface area contributed by atoms with Gasteiger partial charge in [-0.2, -0.15) is 0 Å². The highest BCUT2D eigenvalue weighted by Crippen LogP contribution is 2.23. The van der Waals surface area contributed by atoms with Crippen LogP contribution in [0.4, 0.5) is 21.6 Å². The van der Waals surface area contributed by atoms with E-state index in [9.17, 15) is 9.18 Å². The second-order valence-electron chi connectivity index (χ2n) is 6.95. The van der Waals surface area contributed by atoms with Crippen LogP contribution in [0.5, 0.6) is 0 Å². The Kier molecular flexibility index (Phi) is 5.91. The first-order valence-electron chi connectivity index (χ1n) is 9.50. The third-order valence-electron chi connectivity index (χ3n) is 4.56. The monoisotopic (exact) mass is 432 g/mol. The molecule has 3 aromatic carbocycles. The van der Waals surface area contributed by atoms with E-state index in [1.807, 2.05) is 37.3 Å². The molecule has 0 atom stereocenters. The molecule has 0 saturated heterocycles. The molecule has 0 aliphatic carbocycles. The Balaban J connectivity index is 1.51. The minimum Gasteiger partial charge on any atom is -0.340 e. The van der Waals surface area contributed by atoms with E-state index < -0.39 is 5.82 Å². The number of carbonyl (C=O) groups excluding carboxylic acids is 1. The van der Waals surface area contributed by atoms with Crippen molar-refractivity contribution in [3.8, 4) is 11.3 Å². The van der Waals surface area contributed by atoms with Crippen molar-refractivity contribution in [2.24, 2.45) is 0 Å². The van der Waals surface area contributed by atoms with Crippen LogP contribution in [0.1, 0.15) is 15.9 Å². The highest BCUT2D eigenvalue weighted by Gasteiger charge is 2.09. The number of rotatable bonds is 5. The van der Waals surface area contributed by atoms with Gasteiger partial charge < -0.3 is 10.6 Å². The maximum Gasteiger partial charge on any atom is 0.255 e. The Morgan fingerprint density at radius 1 is 0.935 bits per heavy atom. The molecule has 1 amide bonds. The Bertz CT molecular complexity index is 1260. The standard InChI is InChI=1S/C24H18ClFN4O/c1-15-4-2-5-16(10-15)22-13-23(28-14-27-22)29-18-7-3-6-17(11-18)24(31)30-19-8-9-21(26)20(25)12-19/h2-14H,1H3,(H,30,31)(H,27,28,29). The molecule has 154 valence electrons. The van der Waals surface area contributed by atoms with Gasteiger partial charge in [-0.05, 0) is 49.4 Å². The number of anilines is 3. The van der Waals surface area contributed by atoms with E-state index in [0.717, 1.165) is 16.8 Å². The van der Waals surface area contributed by atoms with Gasteiger partial charge in [-0.15, -0.1) is 0 Å². The second kappa shape index (κ2) is 8.93. The van der Waals surface area contributed by atoms with Crippen molar-refractivity contribution in [1.82, 2.24) is 9.97 Å². The third kappa shape index (κ3) is 5.05. The molecular formula is C24H18ClFN4O. The van der Waals surface area contributed by atoms with Gasteiger partial charge >= 0.3 is 0 Å². The lowest BCUT2D eigenvalue weighted by Crippen LogP contribution is -2.12. The molecule has 1 heterocycles. The fourth-order valence-electron chi connectivity index (χ4n) is 3.05. The summed E-state index contributed by atoms with van der Waals surface area (Å²) in [5.41, 5.74) is 4.47. The number of hydrogen-bond donors (Lipinski definition) is 2. The smallest absolute Gasteiger partial charge is 0.255 e. The van der Waals surface area contributed by atoms with Crippen molar-refractivity contribution in [1.29, 1.82) is 0 Å². The predicted molar refractivity (Wildman–Crippen MR) is 121 cm³/mol. The van der Waals surface area contributed by atoms with Crippen LogP contribution in [0.15, 0.2) is 79.1 Å². The number of carbonyl (C=O) groups is 1. The van der Waals surface area contributed by atoms with E-state index in [1.54, 1.807) is 18.2 Å². The van der Waals surface area contributed by atoms with Crippen LogP contribution >= 0.6 is 11.6 Å². The molecule has 7 heteroatoms. The van der Waals surface area contributed by atoms with Crippen molar-refractivity contribution in [3.63, 3.8) is 0 Å². The normalized spacial score (nSPS) is 10.5. The van der Waals surface area contributed by atoms with Gasteiger partial charge in [0.25, 0.3) is 5.91 Å². The van der Waals surface area contributed by atoms with Gasteiger partial charge in [0.05, 0.1) is 10.7 Å². The molecule has 0 bridgehead atoms. The molecule has 1 aromatic heterocycles. The maximum absolute atomic E-state index is 13.3. The summed E-state index contributed by atoms with van der Waals surface area (Å²) in [6.45, 7) is 2.03. The SMILES string of the molecule is Cc1cccc(-c2cc(Nc3cccc(C(=O)Nc4ccc(F)c(Cl)c4)c3)ncn2)c1. The van der Waals surface area contributed by atoms with Gasteiger partial charge in [-0.1, -0.05) is 41.4 Å². The fourth-order valence-corrected chi connectivity index (χ4v) is 3.23. The number of hydrogen-bond acceptors (Lipinski definition) is 4. The third-order valence-corrected chi connectivity index (χ3v) is 4.85. The number of halogens is 2. The van der Waals surface area contributed by atoms with Gasteiger partial charge in [-0.25, -0.2) is 14.4 Å². The number of benzene rings is 3. The first-order valence-corrected chi connectivity index (χ1v) is 9.88. The molecule has 0 fully saturated rings. The van der Waals surface area contributed by atoms with E-state index in [2.05, 4.69) is 26.7 Å². The summed E-state index contributed by atoms with van der Waals surface area (Å²) in [6.07, 6.45) is 1.49. The number of aryl methyl sites for hydroxylation is 1. The Labute approximate surface area is 184 Å². The first kappa shape index (κ1) is 20.5. The molecule has 0 unspecified atom stereocenters. The van der Waals surface area contributed by atoms with Crippen LogP contribution in [-0.2, 0) is 0 Å². The number of aromatic nitrogens is 2. The van der Waals surface area contributed by atoms with E-state index in [1.165, 1.54) is 24.5 Å². The van der Waals surface area contributed by atoms with Gasteiger partial charge in [0.15, 0.2) is 0 Å². The van der Waals surface area contributed by atoms with Gasteiger partial charge in [0, 0.05) is 28.6 Å². The number of nitrogens with one attached hydrogen (secondary N) is 2. The summed E-state index contributed by atoms with van der Waals surface area (Å²) in [6, 6.07) is 20.9. The topological polar surface area (TPSA) is 66.9 Å². The molecule has 0 aliphatic heterocycles. The quantitative estimate of drug-likeness (QED) is 0.391. The summed E-state index contributed by atoms with van der Waals surface area (Å²) in [7, 11) is 0. The Morgan fingerprint density at radius 3 is 2.58 bits per heavy atom. The summed E-state index contributed by atoms with van der Waals surface area (Å²) < 4.78 is 13.3. The highest BCUT2D eigenvalue weighted by atomic mass is 35.5. The molecule has 0 saturated carbocycles. The van der Waals surface area contributed by atoms with E-state index in [0.29, 0.717) is 22.8 Å². The van der Waals surface area contributed by atoms with Crippen molar-refractivity contribution >= 4 is 34.7 Å². The van der Waals surface area contributed by atoms with Gasteiger partial charge in [-0.3, -0.25) is 4.79 Å². The zero-order valence-corrected chi connectivity index (χ0v) is 17.3. The zero-order chi connectivity index (χ0) is 21.8. The summed E-state index contributed by atoms with van der Waals surface area (Å²) >= 11 is 5.78. The van der Waals surface area contributed by atoms with Crippen LogP contribution in [0.3, 0.4) is 0 Å². The molecule has 0 radical (unpaired) electrons. The minimum absolute atomic E-state index is 0.0543. The van der Waals surface area contributed by atoms with Crippen LogP contribution in [0, 0.1) is 12.7 Å². The molecule has 31 heavy (non-hydrogen) atoms. The van der Waals surface area contributed by atoms with E-state index in [-0.39, 0.29) is 10.9 Å². The van der Waals surface area contributed by atoms with Gasteiger partial charge in [0.2, 0.25) is 0 Å². The predicted octanol–water partition coefficient (Wildman–Crippen LogP) is 6.24. The molecule has 2 N–H and O–H groups in total. The van der Waals surface area contributed by atoms with Crippen LogP contribution in [0.25, 0.3) is 11.3 Å². The van der Waals surface area contributed by atoms with Crippen molar-refractivity contribution in [2.75, 3.05) is 10.6 Å². The largest absolute Gasteiger partial charge is 0.340 e. The van der Waals surface area contributed by atoms with Crippen molar-refractivity contribution in [3.05, 3.63) is 101 Å². The molecular weight excluding hydrogens is 415 g/mol. The molecule has 0 spiro atoms. The highest BCUT2D eigenvalue weighted by molar-refractivity contribution is 6.31. The molecule has 5 nitrogen and oxygen atoms in total. The average Bonchev–Trinajstić information content (AvgIpc) is 2.77. The van der Waals surface area contributed by atoms with E-state index in [4.69, 9.17) is 11.6 Å². The fraction of sp³-hybridized carbons (Fsp3) is 0.0417. The Hall–Kier alpha value is -3.77. The van der Waals surface area contributed by atoms with Crippen LogP contribution in [0.2, 0.25) is 5.02 Å². The first-order chi connectivity index (χ1) is 15.0. The lowest BCUT2D eigenvalue weighted by atomic mass is 10.1. The maximum atomic E-state index is 13.3. The van der Waals surface area contributed by atoms with Crippen molar-refractivity contribution < 1.29 is 9.18 Å². The van der Waals surface area contributed by atoms with Crippen molar-refractivity contribution in [2.45, 2.75) is 6.92 Å². The lowest BCUT2D eigenvalue weighted by molar-refractivity contribution is 0.102. The zero-order valence-electron chi connectivity index (χ0n) is 16.6. The summed E-state index contributed by atoms with van der Waals surface area (Å²) in [4.78, 5) is 21.2. The second-order valence-corrected chi connectivity index (χ2v) is 7.35. The minimum atomic E-state index is -0.541. The Morgan fingerprint density at radius 2 is 1.77 bits per heavy atom. The molecule has 0 aliphatic rings.